The molecule has 0 aliphatic carbocycles. The quantitative estimate of drug-likeness (QED) is 0.898. The zero-order valence-electron chi connectivity index (χ0n) is 11.5. The molecule has 1 aliphatic heterocycles. The molecule has 1 aromatic carbocycles. The fourth-order valence-corrected chi connectivity index (χ4v) is 2.11. The summed E-state index contributed by atoms with van der Waals surface area (Å²) in [4.78, 5) is 12.0. The maximum Gasteiger partial charge on any atom is 0.245 e. The van der Waals surface area contributed by atoms with Crippen LogP contribution >= 0.6 is 0 Å². The van der Waals surface area contributed by atoms with E-state index in [0.717, 1.165) is 11.1 Å². The Balaban J connectivity index is 2.05. The highest BCUT2D eigenvalue weighted by Gasteiger charge is 2.46. The first-order valence-electron chi connectivity index (χ1n) is 6.32. The van der Waals surface area contributed by atoms with Crippen molar-refractivity contribution < 1.29 is 9.53 Å². The summed E-state index contributed by atoms with van der Waals surface area (Å²) in [5.74, 6) is -0.237. The monoisotopic (exact) mass is 258 g/mol. The lowest BCUT2D eigenvalue weighted by atomic mass is 9.86. The van der Waals surface area contributed by atoms with Crippen molar-refractivity contribution in [3.63, 3.8) is 0 Å². The number of nitriles is 1. The van der Waals surface area contributed by atoms with Gasteiger partial charge in [-0.25, -0.2) is 0 Å². The number of rotatable bonds is 3. The Labute approximate surface area is 113 Å². The van der Waals surface area contributed by atoms with E-state index in [1.54, 1.807) is 0 Å². The molecular formula is C15H18N2O2. The SMILES string of the molecule is Cc1cc(C)c(CNC(=O)C2(C#N)COC2)cc1C. The molecule has 2 rings (SSSR count). The lowest BCUT2D eigenvalue weighted by Crippen LogP contribution is -2.52. The number of carbonyl (C=O) groups is 1. The third-order valence-corrected chi connectivity index (χ3v) is 3.74. The number of hydrogen-bond donors (Lipinski definition) is 1. The van der Waals surface area contributed by atoms with Gasteiger partial charge in [-0.2, -0.15) is 5.26 Å². The van der Waals surface area contributed by atoms with E-state index in [1.807, 2.05) is 13.0 Å². The van der Waals surface area contributed by atoms with Gasteiger partial charge in [0.25, 0.3) is 0 Å². The second-order valence-electron chi connectivity index (χ2n) is 5.23. The number of hydrogen-bond acceptors (Lipinski definition) is 3. The predicted molar refractivity (Wildman–Crippen MR) is 71.4 cm³/mol. The van der Waals surface area contributed by atoms with E-state index in [2.05, 4.69) is 31.3 Å². The van der Waals surface area contributed by atoms with Crippen molar-refractivity contribution in [2.24, 2.45) is 5.41 Å². The van der Waals surface area contributed by atoms with Gasteiger partial charge in [-0.1, -0.05) is 12.1 Å². The van der Waals surface area contributed by atoms with E-state index in [0.29, 0.717) is 6.54 Å². The van der Waals surface area contributed by atoms with Gasteiger partial charge in [0.1, 0.15) is 0 Å². The molecule has 0 spiro atoms. The Kier molecular flexibility index (Phi) is 3.59. The maximum absolute atomic E-state index is 12.0. The van der Waals surface area contributed by atoms with Crippen LogP contribution in [0, 0.1) is 37.5 Å². The molecule has 1 fully saturated rings. The molecule has 1 aromatic rings. The largest absolute Gasteiger partial charge is 0.377 e. The minimum Gasteiger partial charge on any atom is -0.377 e. The summed E-state index contributed by atoms with van der Waals surface area (Å²) in [6.07, 6.45) is 0. The van der Waals surface area contributed by atoms with Gasteiger partial charge in [0.05, 0.1) is 19.3 Å². The van der Waals surface area contributed by atoms with Gasteiger partial charge in [-0.05, 0) is 43.0 Å². The van der Waals surface area contributed by atoms with Crippen molar-refractivity contribution >= 4 is 5.91 Å². The predicted octanol–water partition coefficient (Wildman–Crippen LogP) is 1.77. The normalized spacial score (nSPS) is 16.3. The molecule has 19 heavy (non-hydrogen) atoms. The molecule has 1 heterocycles. The number of ether oxygens (including phenoxy) is 1. The van der Waals surface area contributed by atoms with E-state index in [-0.39, 0.29) is 19.1 Å². The molecule has 0 bridgehead atoms. The summed E-state index contributed by atoms with van der Waals surface area (Å²) in [7, 11) is 0. The smallest absolute Gasteiger partial charge is 0.245 e. The first-order chi connectivity index (χ1) is 8.98. The van der Waals surface area contributed by atoms with Crippen LogP contribution < -0.4 is 5.32 Å². The molecular weight excluding hydrogens is 240 g/mol. The Morgan fingerprint density at radius 3 is 2.47 bits per heavy atom. The second kappa shape index (κ2) is 5.02. The molecule has 0 saturated carbocycles. The molecule has 0 radical (unpaired) electrons. The molecule has 1 amide bonds. The molecule has 100 valence electrons. The van der Waals surface area contributed by atoms with Gasteiger partial charge in [-0.3, -0.25) is 4.79 Å². The molecule has 4 heteroatoms. The van der Waals surface area contributed by atoms with E-state index in [1.165, 1.54) is 11.1 Å². The molecule has 4 nitrogen and oxygen atoms in total. The van der Waals surface area contributed by atoms with Crippen LogP contribution in [0.1, 0.15) is 22.3 Å². The number of amides is 1. The van der Waals surface area contributed by atoms with Crippen molar-refractivity contribution in [3.05, 3.63) is 34.4 Å². The third kappa shape index (κ3) is 2.47. The van der Waals surface area contributed by atoms with Crippen LogP contribution in [0.5, 0.6) is 0 Å². The van der Waals surface area contributed by atoms with Crippen LogP contribution in [0.3, 0.4) is 0 Å². The van der Waals surface area contributed by atoms with Crippen LogP contribution in [-0.4, -0.2) is 19.1 Å². The third-order valence-electron chi connectivity index (χ3n) is 3.74. The van der Waals surface area contributed by atoms with E-state index in [9.17, 15) is 4.79 Å². The highest BCUT2D eigenvalue weighted by molar-refractivity contribution is 5.86. The minimum atomic E-state index is -0.979. The standard InChI is InChI=1S/C15H18N2O2/c1-10-4-12(3)13(5-11(10)2)6-17-14(18)15(7-16)8-19-9-15/h4-5H,6,8-9H2,1-3H3,(H,17,18). The Morgan fingerprint density at radius 1 is 1.32 bits per heavy atom. The van der Waals surface area contributed by atoms with Crippen LogP contribution in [-0.2, 0) is 16.1 Å². The fraction of sp³-hybridized carbons (Fsp3) is 0.467. The summed E-state index contributed by atoms with van der Waals surface area (Å²) in [6, 6.07) is 6.25. The highest BCUT2D eigenvalue weighted by Crippen LogP contribution is 2.26. The minimum absolute atomic E-state index is 0.196. The van der Waals surface area contributed by atoms with Crippen molar-refractivity contribution in [3.8, 4) is 6.07 Å². The fourth-order valence-electron chi connectivity index (χ4n) is 2.11. The van der Waals surface area contributed by atoms with E-state index >= 15 is 0 Å². The first-order valence-corrected chi connectivity index (χ1v) is 6.32. The summed E-state index contributed by atoms with van der Waals surface area (Å²) in [5.41, 5.74) is 3.71. The lowest BCUT2D eigenvalue weighted by Gasteiger charge is -2.33. The summed E-state index contributed by atoms with van der Waals surface area (Å²) < 4.78 is 4.98. The number of carbonyl (C=O) groups excluding carboxylic acids is 1. The van der Waals surface area contributed by atoms with E-state index < -0.39 is 5.41 Å². The molecule has 0 unspecified atom stereocenters. The molecule has 0 atom stereocenters. The second-order valence-corrected chi connectivity index (χ2v) is 5.23. The lowest BCUT2D eigenvalue weighted by molar-refractivity contribution is -0.150. The topological polar surface area (TPSA) is 62.1 Å². The first kappa shape index (κ1) is 13.6. The zero-order chi connectivity index (χ0) is 14.0. The summed E-state index contributed by atoms with van der Waals surface area (Å²) in [6.45, 7) is 7.00. The number of nitrogens with zero attached hydrogens (tertiary/aromatic N) is 1. The number of aryl methyl sites for hydroxylation is 3. The van der Waals surface area contributed by atoms with Crippen LogP contribution in [0.2, 0.25) is 0 Å². The van der Waals surface area contributed by atoms with Crippen LogP contribution in [0.25, 0.3) is 0 Å². The average Bonchev–Trinajstić information content (AvgIpc) is 2.31. The Hall–Kier alpha value is -1.86. The summed E-state index contributed by atoms with van der Waals surface area (Å²) >= 11 is 0. The maximum atomic E-state index is 12.0. The Morgan fingerprint density at radius 2 is 1.95 bits per heavy atom. The van der Waals surface area contributed by atoms with Crippen molar-refractivity contribution in [1.82, 2.24) is 5.32 Å². The van der Waals surface area contributed by atoms with Gasteiger partial charge in [0, 0.05) is 6.54 Å². The Bertz CT molecular complexity index is 554. The molecule has 0 aromatic heterocycles. The van der Waals surface area contributed by atoms with Crippen molar-refractivity contribution in [2.75, 3.05) is 13.2 Å². The molecule has 1 N–H and O–H groups in total. The number of benzene rings is 1. The molecule has 1 aliphatic rings. The van der Waals surface area contributed by atoms with Gasteiger partial charge >= 0.3 is 0 Å². The van der Waals surface area contributed by atoms with Gasteiger partial charge in [0.2, 0.25) is 5.91 Å². The zero-order valence-corrected chi connectivity index (χ0v) is 11.5. The summed E-state index contributed by atoms with van der Waals surface area (Å²) in [5, 5.41) is 11.9. The van der Waals surface area contributed by atoms with E-state index in [4.69, 9.17) is 10.00 Å². The van der Waals surface area contributed by atoms with Crippen molar-refractivity contribution in [2.45, 2.75) is 27.3 Å². The van der Waals surface area contributed by atoms with Crippen LogP contribution in [0.15, 0.2) is 12.1 Å². The van der Waals surface area contributed by atoms with Gasteiger partial charge in [0.15, 0.2) is 5.41 Å². The number of nitrogens with one attached hydrogen (secondary N) is 1. The van der Waals surface area contributed by atoms with Crippen molar-refractivity contribution in [1.29, 1.82) is 5.26 Å². The average molecular weight is 258 g/mol. The van der Waals surface area contributed by atoms with Gasteiger partial charge < -0.3 is 10.1 Å². The van der Waals surface area contributed by atoms with Crippen LogP contribution in [0.4, 0.5) is 0 Å². The molecule has 1 saturated heterocycles. The highest BCUT2D eigenvalue weighted by atomic mass is 16.5. The van der Waals surface area contributed by atoms with Gasteiger partial charge in [-0.15, -0.1) is 0 Å².